The van der Waals surface area contributed by atoms with Gasteiger partial charge in [0, 0.05) is 13.0 Å². The molecule has 0 fully saturated rings. The molecule has 1 aromatic rings. The van der Waals surface area contributed by atoms with Crippen LogP contribution in [0.4, 0.5) is 0 Å². The summed E-state index contributed by atoms with van der Waals surface area (Å²) >= 11 is 0. The second-order valence-corrected chi connectivity index (χ2v) is 10.5. The number of hydrogen-bond acceptors (Lipinski definition) is 7. The van der Waals surface area contributed by atoms with E-state index in [9.17, 15) is 9.69 Å². The summed E-state index contributed by atoms with van der Waals surface area (Å²) < 4.78 is 22.0. The van der Waals surface area contributed by atoms with Crippen molar-refractivity contribution in [1.82, 2.24) is 5.32 Å². The van der Waals surface area contributed by atoms with Crippen molar-refractivity contribution in [2.45, 2.75) is 110 Å². The van der Waals surface area contributed by atoms with Gasteiger partial charge in [-0.05, 0) is 50.4 Å². The van der Waals surface area contributed by atoms with E-state index in [0.717, 1.165) is 31.6 Å². The molecule has 0 amide bonds. The Kier molecular flexibility index (Phi) is 21.8. The number of rotatable bonds is 25. The Morgan fingerprint density at radius 1 is 0.892 bits per heavy atom. The van der Waals surface area contributed by atoms with Crippen LogP contribution in [-0.4, -0.2) is 50.4 Å². The minimum absolute atomic E-state index is 0.124. The summed E-state index contributed by atoms with van der Waals surface area (Å²) in [6, 6.07) is 8.26. The van der Waals surface area contributed by atoms with Crippen LogP contribution in [0.3, 0.4) is 0 Å². The van der Waals surface area contributed by atoms with Gasteiger partial charge in [0.15, 0.2) is 0 Å². The quantitative estimate of drug-likeness (QED) is 0.0775. The summed E-state index contributed by atoms with van der Waals surface area (Å²) in [4.78, 5) is 21.6. The van der Waals surface area contributed by atoms with E-state index in [-0.39, 0.29) is 12.6 Å². The summed E-state index contributed by atoms with van der Waals surface area (Å²) in [5.74, 6) is 0.647. The molecule has 0 aliphatic heterocycles. The molecule has 0 bridgehead atoms. The van der Waals surface area contributed by atoms with Crippen molar-refractivity contribution in [3.8, 4) is 5.75 Å². The molecule has 0 spiro atoms. The van der Waals surface area contributed by atoms with Crippen LogP contribution in [0.15, 0.2) is 24.3 Å². The predicted octanol–water partition coefficient (Wildman–Crippen LogP) is 7.10. The normalized spacial score (nSPS) is 12.9. The summed E-state index contributed by atoms with van der Waals surface area (Å²) in [7, 11) is -0.166. The molecule has 37 heavy (non-hydrogen) atoms. The first-order chi connectivity index (χ1) is 18.1. The third-order valence-corrected chi connectivity index (χ3v) is 6.97. The van der Waals surface area contributed by atoms with Gasteiger partial charge in [-0.25, -0.2) is 0 Å². The zero-order valence-corrected chi connectivity index (χ0v) is 24.4. The highest BCUT2D eigenvalue weighted by Crippen LogP contribution is 2.33. The molecule has 0 radical (unpaired) electrons. The van der Waals surface area contributed by atoms with Crippen LogP contribution in [0.25, 0.3) is 0 Å². The Labute approximate surface area is 227 Å². The SMILES string of the molecule is CCCCCCCCCCCCOc1ccc(CCCC(COP(O)OCCNC)OC(=O)CC)cc1. The lowest BCUT2D eigenvalue weighted by atomic mass is 10.1. The summed E-state index contributed by atoms with van der Waals surface area (Å²) in [5, 5.41) is 2.94. The van der Waals surface area contributed by atoms with Crippen molar-refractivity contribution in [3.05, 3.63) is 29.8 Å². The second-order valence-electron chi connectivity index (χ2n) is 9.50. The van der Waals surface area contributed by atoms with Gasteiger partial charge in [0.25, 0.3) is 0 Å². The fraction of sp³-hybridized carbons (Fsp3) is 0.759. The first kappa shape index (κ1) is 33.8. The maximum atomic E-state index is 11.8. The van der Waals surface area contributed by atoms with E-state index in [1.807, 2.05) is 19.2 Å². The fourth-order valence-electron chi connectivity index (χ4n) is 3.92. The monoisotopic (exact) mass is 541 g/mol. The molecule has 0 saturated heterocycles. The number of esters is 1. The van der Waals surface area contributed by atoms with Crippen LogP contribution in [-0.2, 0) is 25.0 Å². The van der Waals surface area contributed by atoms with Crippen molar-refractivity contribution in [2.75, 3.05) is 33.4 Å². The molecule has 2 atom stereocenters. The Morgan fingerprint density at radius 2 is 1.54 bits per heavy atom. The van der Waals surface area contributed by atoms with Gasteiger partial charge < -0.3 is 28.7 Å². The number of hydrogen-bond donors (Lipinski definition) is 2. The largest absolute Gasteiger partial charge is 0.494 e. The lowest BCUT2D eigenvalue weighted by Gasteiger charge is -2.19. The minimum atomic E-state index is -1.98. The zero-order valence-electron chi connectivity index (χ0n) is 23.6. The van der Waals surface area contributed by atoms with Crippen LogP contribution in [0.5, 0.6) is 5.75 Å². The third-order valence-electron chi connectivity index (χ3n) is 6.19. The lowest BCUT2D eigenvalue weighted by Crippen LogP contribution is -2.23. The summed E-state index contributed by atoms with van der Waals surface area (Å²) in [5.41, 5.74) is 1.22. The molecule has 0 aliphatic carbocycles. The number of carbonyl (C=O) groups is 1. The van der Waals surface area contributed by atoms with Gasteiger partial charge in [-0.3, -0.25) is 4.79 Å². The van der Waals surface area contributed by atoms with E-state index in [0.29, 0.717) is 26.0 Å². The number of aryl methyl sites for hydroxylation is 1. The van der Waals surface area contributed by atoms with Crippen LogP contribution in [0.1, 0.15) is 103 Å². The van der Waals surface area contributed by atoms with E-state index < -0.39 is 14.7 Å². The Balaban J connectivity index is 2.21. The molecule has 0 aromatic heterocycles. The van der Waals surface area contributed by atoms with E-state index in [4.69, 9.17) is 18.5 Å². The average Bonchev–Trinajstić information content (AvgIpc) is 2.91. The first-order valence-electron chi connectivity index (χ1n) is 14.4. The molecular weight excluding hydrogens is 489 g/mol. The second kappa shape index (κ2) is 23.8. The smallest absolute Gasteiger partial charge is 0.330 e. The van der Waals surface area contributed by atoms with Crippen LogP contribution < -0.4 is 10.1 Å². The highest BCUT2D eigenvalue weighted by atomic mass is 31.2. The van der Waals surface area contributed by atoms with Gasteiger partial charge in [0.2, 0.25) is 0 Å². The molecule has 2 N–H and O–H groups in total. The molecule has 1 aromatic carbocycles. The highest BCUT2D eigenvalue weighted by molar-refractivity contribution is 7.40. The molecule has 2 unspecified atom stereocenters. The average molecular weight is 542 g/mol. The molecule has 0 heterocycles. The molecular formula is C29H52NO6P. The predicted molar refractivity (Wildman–Crippen MR) is 152 cm³/mol. The van der Waals surface area contributed by atoms with Crippen molar-refractivity contribution in [2.24, 2.45) is 0 Å². The van der Waals surface area contributed by atoms with Crippen molar-refractivity contribution in [1.29, 1.82) is 0 Å². The van der Waals surface area contributed by atoms with Gasteiger partial charge in [0.1, 0.15) is 11.9 Å². The molecule has 0 saturated carbocycles. The van der Waals surface area contributed by atoms with Crippen LogP contribution >= 0.6 is 8.60 Å². The van der Waals surface area contributed by atoms with Gasteiger partial charge in [0.05, 0.1) is 19.8 Å². The van der Waals surface area contributed by atoms with E-state index >= 15 is 0 Å². The third kappa shape index (κ3) is 19.5. The number of carbonyl (C=O) groups excluding carboxylic acids is 1. The summed E-state index contributed by atoms with van der Waals surface area (Å²) in [6.07, 6.45) is 15.5. The van der Waals surface area contributed by atoms with Gasteiger partial charge >= 0.3 is 14.6 Å². The number of likely N-dealkylation sites (N-methyl/N-ethyl adjacent to an activating group) is 1. The number of nitrogens with one attached hydrogen (secondary N) is 1. The molecule has 0 aliphatic rings. The maximum absolute atomic E-state index is 11.8. The minimum Gasteiger partial charge on any atom is -0.494 e. The van der Waals surface area contributed by atoms with Crippen molar-refractivity contribution >= 4 is 14.6 Å². The Hall–Kier alpha value is -1.24. The van der Waals surface area contributed by atoms with Crippen LogP contribution in [0.2, 0.25) is 0 Å². The van der Waals surface area contributed by atoms with Crippen molar-refractivity contribution in [3.63, 3.8) is 0 Å². The Bertz CT molecular complexity index is 660. The van der Waals surface area contributed by atoms with E-state index in [2.05, 4.69) is 24.4 Å². The number of benzene rings is 1. The number of unbranched alkanes of at least 4 members (excludes halogenated alkanes) is 9. The zero-order chi connectivity index (χ0) is 27.0. The highest BCUT2D eigenvalue weighted by Gasteiger charge is 2.17. The summed E-state index contributed by atoms with van der Waals surface area (Å²) in [6.45, 7) is 5.91. The lowest BCUT2D eigenvalue weighted by molar-refractivity contribution is -0.150. The first-order valence-corrected chi connectivity index (χ1v) is 15.5. The van der Waals surface area contributed by atoms with E-state index in [1.54, 1.807) is 6.92 Å². The fourth-order valence-corrected chi connectivity index (χ4v) is 4.54. The standard InChI is InChI=1S/C29H52NO6P/c1-4-6-7-8-9-10-11-12-13-14-23-33-27-20-18-26(19-21-27)16-15-17-28(36-29(31)5-2)25-35-37(32)34-24-22-30-3/h18-21,28,30,32H,4-17,22-25H2,1-3H3. The van der Waals surface area contributed by atoms with Gasteiger partial charge in [-0.2, -0.15) is 0 Å². The molecule has 8 heteroatoms. The van der Waals surface area contributed by atoms with Gasteiger partial charge in [-0.15, -0.1) is 0 Å². The topological polar surface area (TPSA) is 86.2 Å². The molecule has 7 nitrogen and oxygen atoms in total. The number of ether oxygens (including phenoxy) is 2. The van der Waals surface area contributed by atoms with Gasteiger partial charge in [-0.1, -0.05) is 83.8 Å². The van der Waals surface area contributed by atoms with Crippen LogP contribution in [0, 0.1) is 0 Å². The van der Waals surface area contributed by atoms with Crippen molar-refractivity contribution < 1.29 is 28.2 Å². The maximum Gasteiger partial charge on any atom is 0.330 e. The van der Waals surface area contributed by atoms with E-state index in [1.165, 1.54) is 63.4 Å². The Morgan fingerprint density at radius 3 is 2.16 bits per heavy atom. The molecule has 1 rings (SSSR count). The molecule has 214 valence electrons.